The summed E-state index contributed by atoms with van der Waals surface area (Å²) in [6.45, 7) is 4.53. The molecular formula is C35H41IN4O2. The van der Waals surface area contributed by atoms with Gasteiger partial charge in [0.2, 0.25) is 11.8 Å². The smallest absolute Gasteiger partial charge is 0.244 e. The molecule has 0 aliphatic carbocycles. The predicted molar refractivity (Wildman–Crippen MR) is 178 cm³/mol. The number of amides is 2. The van der Waals surface area contributed by atoms with Crippen LogP contribution in [0.1, 0.15) is 48.3 Å². The number of likely N-dealkylation sites (tertiary alicyclic amines) is 1. The first-order chi connectivity index (χ1) is 20.5. The Morgan fingerprint density at radius 1 is 0.905 bits per heavy atom. The molecule has 2 atom stereocenters. The maximum absolute atomic E-state index is 14.1. The standard InChI is InChI=1S/C35H41IN4O2/c36-30-17-14-27(15-18-30)16-19-34(41)37-24-31-20-23-40(35(42)33(38-31)26-39-21-8-3-9-22-39)25-32(28-10-4-1-5-11-28)29-12-6-2-7-13-29/h1-2,4-7,10-19,31-33,38H,3,8-9,20-26H2,(H,37,41)/b19-16+/t31-,33-/m0/s1. The number of rotatable bonds is 10. The molecule has 2 saturated heterocycles. The van der Waals surface area contributed by atoms with Crippen molar-refractivity contribution in [2.24, 2.45) is 0 Å². The number of nitrogens with zero attached hydrogens (tertiary/aromatic N) is 2. The molecule has 0 radical (unpaired) electrons. The minimum Gasteiger partial charge on any atom is -0.351 e. The Labute approximate surface area is 263 Å². The van der Waals surface area contributed by atoms with Gasteiger partial charge in [-0.3, -0.25) is 9.59 Å². The van der Waals surface area contributed by atoms with Crippen molar-refractivity contribution in [1.82, 2.24) is 20.4 Å². The number of hydrogen-bond donors (Lipinski definition) is 2. The molecule has 220 valence electrons. The monoisotopic (exact) mass is 676 g/mol. The summed E-state index contributed by atoms with van der Waals surface area (Å²) in [4.78, 5) is 31.3. The number of benzene rings is 3. The van der Waals surface area contributed by atoms with E-state index in [0.717, 1.165) is 28.6 Å². The van der Waals surface area contributed by atoms with E-state index in [9.17, 15) is 9.59 Å². The summed E-state index contributed by atoms with van der Waals surface area (Å²) in [7, 11) is 0. The van der Waals surface area contributed by atoms with E-state index in [1.165, 1.54) is 30.4 Å². The molecule has 2 amide bonds. The van der Waals surface area contributed by atoms with Gasteiger partial charge in [0.15, 0.2) is 0 Å². The Hall–Kier alpha value is -3.01. The van der Waals surface area contributed by atoms with Gasteiger partial charge in [-0.25, -0.2) is 0 Å². The highest BCUT2D eigenvalue weighted by molar-refractivity contribution is 14.1. The zero-order valence-corrected chi connectivity index (χ0v) is 26.3. The van der Waals surface area contributed by atoms with Crippen molar-refractivity contribution in [2.75, 3.05) is 39.3 Å². The largest absolute Gasteiger partial charge is 0.351 e. The molecule has 5 rings (SSSR count). The van der Waals surface area contributed by atoms with Gasteiger partial charge in [0.05, 0.1) is 6.04 Å². The third-order valence-corrected chi connectivity index (χ3v) is 9.03. The van der Waals surface area contributed by atoms with Crippen molar-refractivity contribution in [1.29, 1.82) is 0 Å². The average Bonchev–Trinajstić information content (AvgIpc) is 3.17. The molecule has 3 aromatic rings. The van der Waals surface area contributed by atoms with Gasteiger partial charge in [-0.2, -0.15) is 0 Å². The first-order valence-electron chi connectivity index (χ1n) is 15.1. The van der Waals surface area contributed by atoms with E-state index in [4.69, 9.17) is 0 Å². The Morgan fingerprint density at radius 3 is 2.19 bits per heavy atom. The van der Waals surface area contributed by atoms with Gasteiger partial charge in [-0.05, 0) is 89.8 Å². The van der Waals surface area contributed by atoms with Crippen LogP contribution in [0.15, 0.2) is 91.0 Å². The molecule has 0 unspecified atom stereocenters. The van der Waals surface area contributed by atoms with E-state index >= 15 is 0 Å². The van der Waals surface area contributed by atoms with E-state index in [1.807, 2.05) is 42.5 Å². The molecule has 2 fully saturated rings. The SMILES string of the molecule is O=C(/C=C/c1ccc(I)cc1)NC[C@@H]1CCN(CC(c2ccccc2)c2ccccc2)C(=O)[C@H](CN2CCCCC2)N1. The maximum atomic E-state index is 14.1. The molecule has 0 saturated carbocycles. The lowest BCUT2D eigenvalue weighted by Gasteiger charge is -2.33. The topological polar surface area (TPSA) is 64.7 Å². The van der Waals surface area contributed by atoms with Crippen LogP contribution in [0.2, 0.25) is 0 Å². The fraction of sp³-hybridized carbons (Fsp3) is 0.371. The van der Waals surface area contributed by atoms with Crippen LogP contribution in [0.25, 0.3) is 6.08 Å². The van der Waals surface area contributed by atoms with Gasteiger partial charge in [0, 0.05) is 47.8 Å². The highest BCUT2D eigenvalue weighted by atomic mass is 127. The van der Waals surface area contributed by atoms with Gasteiger partial charge in [-0.1, -0.05) is 79.2 Å². The Balaban J connectivity index is 1.29. The summed E-state index contributed by atoms with van der Waals surface area (Å²) in [6.07, 6.45) is 7.83. The summed E-state index contributed by atoms with van der Waals surface area (Å²) >= 11 is 2.27. The third kappa shape index (κ3) is 8.75. The van der Waals surface area contributed by atoms with Crippen molar-refractivity contribution >= 4 is 40.5 Å². The van der Waals surface area contributed by atoms with Gasteiger partial charge >= 0.3 is 0 Å². The van der Waals surface area contributed by atoms with Crippen molar-refractivity contribution < 1.29 is 9.59 Å². The van der Waals surface area contributed by atoms with Crippen LogP contribution in [0, 0.1) is 3.57 Å². The average molecular weight is 677 g/mol. The molecule has 3 aromatic carbocycles. The quantitative estimate of drug-likeness (QED) is 0.226. The number of piperidine rings is 1. The fourth-order valence-electron chi connectivity index (χ4n) is 5.98. The zero-order chi connectivity index (χ0) is 29.1. The number of carbonyl (C=O) groups is 2. The Morgan fingerprint density at radius 2 is 1.55 bits per heavy atom. The second-order valence-electron chi connectivity index (χ2n) is 11.4. The Bertz CT molecular complexity index is 1270. The lowest BCUT2D eigenvalue weighted by molar-refractivity contribution is -0.133. The second-order valence-corrected chi connectivity index (χ2v) is 12.6. The number of hydrogen-bond acceptors (Lipinski definition) is 4. The number of halogens is 1. The van der Waals surface area contributed by atoms with Crippen molar-refractivity contribution in [2.45, 2.75) is 43.7 Å². The summed E-state index contributed by atoms with van der Waals surface area (Å²) in [5.74, 6) is 0.128. The first-order valence-corrected chi connectivity index (χ1v) is 16.2. The minimum absolute atomic E-state index is 0.0105. The lowest BCUT2D eigenvalue weighted by Crippen LogP contribution is -2.54. The van der Waals surface area contributed by atoms with E-state index in [2.05, 4.69) is 91.6 Å². The Kier molecular flexibility index (Phi) is 11.2. The molecule has 2 heterocycles. The van der Waals surface area contributed by atoms with Crippen LogP contribution in [-0.4, -0.2) is 73.0 Å². The van der Waals surface area contributed by atoms with Gasteiger partial charge in [-0.15, -0.1) is 0 Å². The molecule has 2 aliphatic rings. The van der Waals surface area contributed by atoms with Gasteiger partial charge in [0.25, 0.3) is 0 Å². The van der Waals surface area contributed by atoms with Crippen LogP contribution in [0.3, 0.4) is 0 Å². The number of carbonyl (C=O) groups excluding carboxylic acids is 2. The highest BCUT2D eigenvalue weighted by Gasteiger charge is 2.34. The van der Waals surface area contributed by atoms with Crippen LogP contribution >= 0.6 is 22.6 Å². The summed E-state index contributed by atoms with van der Waals surface area (Å²) in [5, 5.41) is 6.73. The summed E-state index contributed by atoms with van der Waals surface area (Å²) < 4.78 is 1.16. The van der Waals surface area contributed by atoms with Crippen LogP contribution in [0.4, 0.5) is 0 Å². The molecule has 42 heavy (non-hydrogen) atoms. The van der Waals surface area contributed by atoms with Crippen molar-refractivity contribution in [3.8, 4) is 0 Å². The molecule has 6 nitrogen and oxygen atoms in total. The minimum atomic E-state index is -0.304. The molecule has 2 N–H and O–H groups in total. The van der Waals surface area contributed by atoms with E-state index in [1.54, 1.807) is 6.08 Å². The molecule has 0 aromatic heterocycles. The first kappa shape index (κ1) is 30.4. The van der Waals surface area contributed by atoms with Crippen LogP contribution in [-0.2, 0) is 9.59 Å². The van der Waals surface area contributed by atoms with E-state index in [0.29, 0.717) is 26.2 Å². The molecule has 0 bridgehead atoms. The highest BCUT2D eigenvalue weighted by Crippen LogP contribution is 2.27. The zero-order valence-electron chi connectivity index (χ0n) is 24.1. The van der Waals surface area contributed by atoms with Gasteiger partial charge < -0.3 is 20.4 Å². The lowest BCUT2D eigenvalue weighted by atomic mass is 9.90. The molecule has 7 heteroatoms. The summed E-state index contributed by atoms with van der Waals surface area (Å²) in [6, 6.07) is 28.8. The molecule has 0 spiro atoms. The van der Waals surface area contributed by atoms with E-state index in [-0.39, 0.29) is 29.8 Å². The van der Waals surface area contributed by atoms with Crippen LogP contribution < -0.4 is 10.6 Å². The molecule has 2 aliphatic heterocycles. The van der Waals surface area contributed by atoms with Crippen molar-refractivity contribution in [3.63, 3.8) is 0 Å². The van der Waals surface area contributed by atoms with Gasteiger partial charge in [0.1, 0.15) is 0 Å². The fourth-order valence-corrected chi connectivity index (χ4v) is 6.34. The maximum Gasteiger partial charge on any atom is 0.244 e. The third-order valence-electron chi connectivity index (χ3n) is 8.31. The molecular weight excluding hydrogens is 635 g/mol. The predicted octanol–water partition coefficient (Wildman–Crippen LogP) is 5.30. The van der Waals surface area contributed by atoms with Crippen LogP contribution in [0.5, 0.6) is 0 Å². The van der Waals surface area contributed by atoms with E-state index < -0.39 is 0 Å². The van der Waals surface area contributed by atoms with Crippen molar-refractivity contribution in [3.05, 3.63) is 111 Å². The number of nitrogens with one attached hydrogen (secondary N) is 2. The normalized spacial score (nSPS) is 20.1. The summed E-state index contributed by atoms with van der Waals surface area (Å²) in [5.41, 5.74) is 3.42. The second kappa shape index (κ2) is 15.5.